The van der Waals surface area contributed by atoms with Gasteiger partial charge in [-0.15, -0.1) is 0 Å². The minimum absolute atomic E-state index is 0.0373. The van der Waals surface area contributed by atoms with Gasteiger partial charge in [0.1, 0.15) is 6.10 Å². The van der Waals surface area contributed by atoms with Crippen molar-refractivity contribution >= 4 is 8.32 Å². The summed E-state index contributed by atoms with van der Waals surface area (Å²) < 4.78 is 18.1. The van der Waals surface area contributed by atoms with Crippen LogP contribution in [0.15, 0.2) is 0 Å². The summed E-state index contributed by atoms with van der Waals surface area (Å²) in [5.41, 5.74) is 0. The fraction of sp³-hybridized carbons (Fsp3) is 1.00. The lowest BCUT2D eigenvalue weighted by Gasteiger charge is -2.37. The van der Waals surface area contributed by atoms with E-state index in [2.05, 4.69) is 33.9 Å². The molecule has 2 aliphatic rings. The van der Waals surface area contributed by atoms with Crippen LogP contribution in [-0.2, 0) is 13.9 Å². The molecule has 0 aromatic heterocycles. The van der Waals surface area contributed by atoms with Crippen LogP contribution >= 0.6 is 0 Å². The van der Waals surface area contributed by atoms with Gasteiger partial charge in [0.2, 0.25) is 0 Å². The maximum absolute atomic E-state index is 10.1. The zero-order valence-electron chi connectivity index (χ0n) is 13.9. The molecule has 1 saturated heterocycles. The predicted molar refractivity (Wildman–Crippen MR) is 81.1 cm³/mol. The largest absolute Gasteiger partial charge is 0.416 e. The number of fused-ring (bicyclic) bond motifs is 1. The van der Waals surface area contributed by atoms with Crippen LogP contribution in [0.1, 0.15) is 41.0 Å². The van der Waals surface area contributed by atoms with Crippen LogP contribution in [-0.4, -0.2) is 44.1 Å². The van der Waals surface area contributed by atoms with Crippen LogP contribution in [0.4, 0.5) is 0 Å². The second-order valence-electron chi connectivity index (χ2n) is 8.20. The number of ether oxygens (including phenoxy) is 2. The van der Waals surface area contributed by atoms with Gasteiger partial charge in [0.25, 0.3) is 0 Å². The van der Waals surface area contributed by atoms with Crippen LogP contribution in [0.2, 0.25) is 18.1 Å². The molecule has 1 N–H and O–H groups in total. The third kappa shape index (κ3) is 3.12. The van der Waals surface area contributed by atoms with E-state index in [1.807, 2.05) is 13.8 Å². The van der Waals surface area contributed by atoms with Gasteiger partial charge >= 0.3 is 0 Å². The van der Waals surface area contributed by atoms with E-state index in [1.165, 1.54) is 0 Å². The van der Waals surface area contributed by atoms with Crippen molar-refractivity contribution in [2.75, 3.05) is 6.61 Å². The van der Waals surface area contributed by atoms with Crippen molar-refractivity contribution in [3.05, 3.63) is 0 Å². The molecule has 2 rings (SSSR count). The first-order chi connectivity index (χ1) is 8.93. The van der Waals surface area contributed by atoms with E-state index >= 15 is 0 Å². The Hall–Kier alpha value is 0.0569. The quantitative estimate of drug-likeness (QED) is 0.814. The first-order valence-electron chi connectivity index (χ1n) is 7.61. The molecule has 1 saturated carbocycles. The zero-order valence-corrected chi connectivity index (χ0v) is 14.9. The van der Waals surface area contributed by atoms with Gasteiger partial charge in [-0.3, -0.25) is 0 Å². The molecule has 1 aliphatic carbocycles. The smallest absolute Gasteiger partial charge is 0.191 e. The lowest BCUT2D eigenvalue weighted by molar-refractivity contribution is -0.167. The Morgan fingerprint density at radius 3 is 2.30 bits per heavy atom. The molecule has 0 aromatic rings. The van der Waals surface area contributed by atoms with E-state index in [4.69, 9.17) is 13.9 Å². The van der Waals surface area contributed by atoms with E-state index in [0.717, 1.165) is 0 Å². The molecule has 0 spiro atoms. The van der Waals surface area contributed by atoms with Crippen molar-refractivity contribution in [2.45, 2.75) is 83.3 Å². The molecule has 118 valence electrons. The minimum Gasteiger partial charge on any atom is -0.416 e. The van der Waals surface area contributed by atoms with Crippen molar-refractivity contribution in [3.63, 3.8) is 0 Å². The zero-order chi connectivity index (χ0) is 15.3. The Labute approximate surface area is 123 Å². The summed E-state index contributed by atoms with van der Waals surface area (Å²) in [6.07, 6.45) is 0.0395. The summed E-state index contributed by atoms with van der Waals surface area (Å²) in [5, 5.41) is 10.3. The van der Waals surface area contributed by atoms with Crippen molar-refractivity contribution in [3.8, 4) is 0 Å². The summed E-state index contributed by atoms with van der Waals surface area (Å²) in [6.45, 7) is 15.7. The number of aliphatic hydroxyl groups excluding tert-OH is 1. The molecule has 4 atom stereocenters. The van der Waals surface area contributed by atoms with Crippen LogP contribution in [0, 0.1) is 5.92 Å². The molecule has 5 heteroatoms. The maximum atomic E-state index is 10.1. The molecule has 0 radical (unpaired) electrons. The lowest BCUT2D eigenvalue weighted by Crippen LogP contribution is -2.43. The maximum Gasteiger partial charge on any atom is 0.191 e. The fourth-order valence-electron chi connectivity index (χ4n) is 2.75. The highest BCUT2D eigenvalue weighted by molar-refractivity contribution is 6.74. The highest BCUT2D eigenvalue weighted by Crippen LogP contribution is 2.43. The van der Waals surface area contributed by atoms with Crippen LogP contribution in [0.3, 0.4) is 0 Å². The summed E-state index contributed by atoms with van der Waals surface area (Å²) in [6, 6.07) is 0. The van der Waals surface area contributed by atoms with Gasteiger partial charge in [-0.2, -0.15) is 0 Å². The summed E-state index contributed by atoms with van der Waals surface area (Å²) in [5.74, 6) is -0.364. The fourth-order valence-corrected chi connectivity index (χ4v) is 3.82. The topological polar surface area (TPSA) is 47.9 Å². The Morgan fingerprint density at radius 1 is 1.20 bits per heavy atom. The SMILES string of the molecule is CC1(C)O[C@@H]2[C@@H](CO[Si](C)(C)C(C)(C)C)C[C@H](O)[C@@H]2O1. The van der Waals surface area contributed by atoms with Crippen LogP contribution < -0.4 is 0 Å². The summed E-state index contributed by atoms with van der Waals surface area (Å²) in [7, 11) is -1.75. The van der Waals surface area contributed by atoms with Crippen LogP contribution in [0.5, 0.6) is 0 Å². The van der Waals surface area contributed by atoms with E-state index in [-0.39, 0.29) is 23.2 Å². The predicted octanol–water partition coefficient (Wildman–Crippen LogP) is 2.91. The average Bonchev–Trinajstić information content (AvgIpc) is 2.70. The van der Waals surface area contributed by atoms with E-state index < -0.39 is 20.2 Å². The normalized spacial score (nSPS) is 37.2. The second-order valence-corrected chi connectivity index (χ2v) is 13.0. The molecule has 1 heterocycles. The molecule has 0 aromatic carbocycles. The van der Waals surface area contributed by atoms with Gasteiger partial charge < -0.3 is 19.0 Å². The van der Waals surface area contributed by atoms with E-state index in [1.54, 1.807) is 0 Å². The monoisotopic (exact) mass is 302 g/mol. The number of hydrogen-bond acceptors (Lipinski definition) is 4. The van der Waals surface area contributed by atoms with Gasteiger partial charge in [0.05, 0.1) is 12.2 Å². The van der Waals surface area contributed by atoms with Crippen molar-refractivity contribution < 1.29 is 19.0 Å². The third-order valence-corrected chi connectivity index (χ3v) is 9.52. The molecular weight excluding hydrogens is 272 g/mol. The van der Waals surface area contributed by atoms with Gasteiger partial charge in [0.15, 0.2) is 14.1 Å². The van der Waals surface area contributed by atoms with E-state index in [0.29, 0.717) is 13.0 Å². The lowest BCUT2D eigenvalue weighted by atomic mass is 10.1. The van der Waals surface area contributed by atoms with Gasteiger partial charge in [0, 0.05) is 12.5 Å². The highest BCUT2D eigenvalue weighted by atomic mass is 28.4. The van der Waals surface area contributed by atoms with Gasteiger partial charge in [-0.25, -0.2) is 0 Å². The Kier molecular flexibility index (Phi) is 4.15. The molecule has 4 nitrogen and oxygen atoms in total. The molecule has 1 aliphatic heterocycles. The van der Waals surface area contributed by atoms with Crippen LogP contribution in [0.25, 0.3) is 0 Å². The summed E-state index contributed by atoms with van der Waals surface area (Å²) in [4.78, 5) is 0. The third-order valence-electron chi connectivity index (χ3n) is 5.02. The second kappa shape index (κ2) is 5.06. The Morgan fingerprint density at radius 2 is 1.75 bits per heavy atom. The molecule has 20 heavy (non-hydrogen) atoms. The first kappa shape index (κ1) is 16.4. The average molecular weight is 302 g/mol. The molecule has 0 amide bonds. The minimum atomic E-state index is -1.75. The molecule has 2 fully saturated rings. The molecule has 0 bridgehead atoms. The standard InChI is InChI=1S/C15H30O4Si/c1-14(2,3)20(6,7)17-9-10-8-11(16)13-12(10)18-15(4,5)19-13/h10-13,16H,8-9H2,1-7H3/t10-,11+,12-,13+/m1/s1. The summed E-state index contributed by atoms with van der Waals surface area (Å²) >= 11 is 0. The highest BCUT2D eigenvalue weighted by Gasteiger charge is 2.54. The number of rotatable bonds is 3. The van der Waals surface area contributed by atoms with Gasteiger partial charge in [-0.05, 0) is 38.4 Å². The van der Waals surface area contributed by atoms with Gasteiger partial charge in [-0.1, -0.05) is 20.8 Å². The van der Waals surface area contributed by atoms with Crippen molar-refractivity contribution in [1.82, 2.24) is 0 Å². The first-order valence-corrected chi connectivity index (χ1v) is 10.5. The number of hydrogen-bond donors (Lipinski definition) is 1. The van der Waals surface area contributed by atoms with Crippen molar-refractivity contribution in [1.29, 1.82) is 0 Å². The van der Waals surface area contributed by atoms with E-state index in [9.17, 15) is 5.11 Å². The Balaban J connectivity index is 1.98. The molecular formula is C15H30O4Si. The number of aliphatic hydroxyl groups is 1. The van der Waals surface area contributed by atoms with Crippen molar-refractivity contribution in [2.24, 2.45) is 5.92 Å². The molecule has 0 unspecified atom stereocenters. The Bertz CT molecular complexity index is 361.